The van der Waals surface area contributed by atoms with Crippen molar-refractivity contribution in [3.05, 3.63) is 47.5 Å². The van der Waals surface area contributed by atoms with E-state index in [1.807, 2.05) is 6.07 Å². The van der Waals surface area contributed by atoms with Gasteiger partial charge in [-0.3, -0.25) is 14.5 Å². The lowest BCUT2D eigenvalue weighted by Crippen LogP contribution is -2.59. The standard InChI is InChI=1S/C23H31NO4/c1-16-21-10-11-24(13-19-8-6-5-7-9-19)22(16)23(4,15-28-18(3)26)12-20(21)14-27-17(2)25/h5-9,12,16,21-22H,10-11,13-15H2,1-4H3/t16-,21+,22-,23-/m1/s1. The molecule has 1 aromatic rings. The number of fused-ring (bicyclic) bond motifs is 2. The number of esters is 2. The van der Waals surface area contributed by atoms with Crippen LogP contribution in [0.25, 0.3) is 0 Å². The predicted octanol–water partition coefficient (Wildman–Crippen LogP) is 3.59. The monoisotopic (exact) mass is 385 g/mol. The van der Waals surface area contributed by atoms with Crippen molar-refractivity contribution in [2.45, 2.75) is 46.7 Å². The van der Waals surface area contributed by atoms with Crippen molar-refractivity contribution in [2.24, 2.45) is 17.3 Å². The normalized spacial score (nSPS) is 29.7. The van der Waals surface area contributed by atoms with E-state index in [0.29, 0.717) is 25.0 Å². The van der Waals surface area contributed by atoms with Crippen molar-refractivity contribution < 1.29 is 19.1 Å². The SMILES string of the molecule is CC(=O)OCC1=C[C@](C)(COC(C)=O)[C@H]2[C@H](C)[C@@H]1CCN2Cc1ccccc1. The topological polar surface area (TPSA) is 55.8 Å². The summed E-state index contributed by atoms with van der Waals surface area (Å²) in [6.07, 6.45) is 3.26. The van der Waals surface area contributed by atoms with Crippen molar-refractivity contribution in [2.75, 3.05) is 19.8 Å². The van der Waals surface area contributed by atoms with Gasteiger partial charge in [0.15, 0.2) is 0 Å². The maximum Gasteiger partial charge on any atom is 0.302 e. The summed E-state index contributed by atoms with van der Waals surface area (Å²) in [6.45, 7) is 9.83. The molecule has 152 valence electrons. The van der Waals surface area contributed by atoms with Crippen LogP contribution in [0.3, 0.4) is 0 Å². The van der Waals surface area contributed by atoms with Crippen LogP contribution in [-0.4, -0.2) is 42.6 Å². The minimum absolute atomic E-state index is 0.256. The number of likely N-dealkylation sites (tertiary alicyclic amines) is 1. The third-order valence-corrected chi connectivity index (χ3v) is 6.18. The quantitative estimate of drug-likeness (QED) is 0.553. The van der Waals surface area contributed by atoms with Crippen LogP contribution < -0.4 is 0 Å². The number of piperidine rings is 1. The average molecular weight is 386 g/mol. The molecule has 3 rings (SSSR count). The fourth-order valence-corrected chi connectivity index (χ4v) is 5.13. The Morgan fingerprint density at radius 2 is 1.82 bits per heavy atom. The Labute approximate surface area is 167 Å². The molecule has 1 aliphatic heterocycles. The highest BCUT2D eigenvalue weighted by molar-refractivity contribution is 5.66. The van der Waals surface area contributed by atoms with Gasteiger partial charge < -0.3 is 9.47 Å². The maximum absolute atomic E-state index is 11.5. The molecular formula is C23H31NO4. The lowest BCUT2D eigenvalue weighted by Gasteiger charge is -2.55. The smallest absolute Gasteiger partial charge is 0.302 e. The highest BCUT2D eigenvalue weighted by atomic mass is 16.5. The van der Waals surface area contributed by atoms with E-state index in [1.54, 1.807) is 0 Å². The highest BCUT2D eigenvalue weighted by Crippen LogP contribution is 2.48. The number of carbonyl (C=O) groups excluding carboxylic acids is 2. The number of nitrogens with zero attached hydrogens (tertiary/aromatic N) is 1. The van der Waals surface area contributed by atoms with Crippen LogP contribution in [-0.2, 0) is 25.6 Å². The molecule has 4 atom stereocenters. The summed E-state index contributed by atoms with van der Waals surface area (Å²) in [5.41, 5.74) is 2.12. The van der Waals surface area contributed by atoms with Crippen LogP contribution in [0.1, 0.15) is 39.7 Å². The number of hydrogen-bond acceptors (Lipinski definition) is 5. The van der Waals surface area contributed by atoms with Gasteiger partial charge in [0.05, 0.1) is 0 Å². The van der Waals surface area contributed by atoms with Gasteiger partial charge in [-0.05, 0) is 35.9 Å². The molecule has 1 aromatic carbocycles. The van der Waals surface area contributed by atoms with Crippen LogP contribution in [0.15, 0.2) is 42.0 Å². The summed E-state index contributed by atoms with van der Waals surface area (Å²) in [7, 11) is 0. The predicted molar refractivity (Wildman–Crippen MR) is 107 cm³/mol. The Kier molecular flexibility index (Phi) is 6.23. The van der Waals surface area contributed by atoms with Crippen LogP contribution in [0.2, 0.25) is 0 Å². The summed E-state index contributed by atoms with van der Waals surface area (Å²) in [5, 5.41) is 0. The minimum atomic E-state index is -0.327. The second-order valence-electron chi connectivity index (χ2n) is 8.44. The molecule has 0 spiro atoms. The molecule has 5 heteroatoms. The van der Waals surface area contributed by atoms with E-state index in [-0.39, 0.29) is 23.4 Å². The first-order valence-corrected chi connectivity index (χ1v) is 10.1. The second kappa shape index (κ2) is 8.48. The summed E-state index contributed by atoms with van der Waals surface area (Å²) in [6, 6.07) is 10.7. The van der Waals surface area contributed by atoms with Gasteiger partial charge in [-0.15, -0.1) is 0 Å². The fraction of sp³-hybridized carbons (Fsp3) is 0.565. The van der Waals surface area contributed by atoms with Gasteiger partial charge >= 0.3 is 11.9 Å². The molecule has 2 bridgehead atoms. The molecule has 1 aliphatic carbocycles. The zero-order chi connectivity index (χ0) is 20.3. The zero-order valence-corrected chi connectivity index (χ0v) is 17.3. The second-order valence-corrected chi connectivity index (χ2v) is 8.44. The van der Waals surface area contributed by atoms with Crippen molar-refractivity contribution in [1.29, 1.82) is 0 Å². The van der Waals surface area contributed by atoms with Gasteiger partial charge in [-0.25, -0.2) is 0 Å². The molecule has 0 saturated carbocycles. The Morgan fingerprint density at radius 1 is 1.14 bits per heavy atom. The molecule has 28 heavy (non-hydrogen) atoms. The van der Waals surface area contributed by atoms with E-state index in [0.717, 1.165) is 25.1 Å². The summed E-state index contributed by atoms with van der Waals surface area (Å²) in [4.78, 5) is 25.4. The first kappa shape index (κ1) is 20.6. The van der Waals surface area contributed by atoms with Gasteiger partial charge in [0.25, 0.3) is 0 Å². The molecule has 1 fully saturated rings. The fourth-order valence-electron chi connectivity index (χ4n) is 5.13. The number of carbonyl (C=O) groups is 2. The lowest BCUT2D eigenvalue weighted by atomic mass is 9.61. The molecular weight excluding hydrogens is 354 g/mol. The third kappa shape index (κ3) is 4.46. The largest absolute Gasteiger partial charge is 0.465 e. The van der Waals surface area contributed by atoms with Gasteiger partial charge in [0.1, 0.15) is 13.2 Å². The van der Waals surface area contributed by atoms with E-state index in [4.69, 9.17) is 9.47 Å². The number of hydrogen-bond donors (Lipinski definition) is 0. The Bertz CT molecular complexity index is 744. The van der Waals surface area contributed by atoms with E-state index in [1.165, 1.54) is 19.4 Å². The molecule has 0 aromatic heterocycles. The molecule has 0 radical (unpaired) electrons. The van der Waals surface area contributed by atoms with Gasteiger partial charge in [0.2, 0.25) is 0 Å². The molecule has 0 unspecified atom stereocenters. The molecule has 1 heterocycles. The van der Waals surface area contributed by atoms with E-state index < -0.39 is 0 Å². The Morgan fingerprint density at radius 3 is 2.46 bits per heavy atom. The van der Waals surface area contributed by atoms with Gasteiger partial charge in [-0.1, -0.05) is 50.3 Å². The first-order valence-electron chi connectivity index (χ1n) is 10.1. The summed E-state index contributed by atoms with van der Waals surface area (Å²) < 4.78 is 10.8. The molecule has 1 saturated heterocycles. The van der Waals surface area contributed by atoms with E-state index in [9.17, 15) is 9.59 Å². The Balaban J connectivity index is 1.90. The van der Waals surface area contributed by atoms with Crippen molar-refractivity contribution in [3.63, 3.8) is 0 Å². The number of benzene rings is 1. The average Bonchev–Trinajstić information content (AvgIpc) is 2.64. The zero-order valence-electron chi connectivity index (χ0n) is 17.3. The first-order chi connectivity index (χ1) is 13.3. The molecule has 0 N–H and O–H groups in total. The van der Waals surface area contributed by atoms with Crippen LogP contribution in [0.5, 0.6) is 0 Å². The third-order valence-electron chi connectivity index (χ3n) is 6.18. The molecule has 5 nitrogen and oxygen atoms in total. The maximum atomic E-state index is 11.5. The number of rotatable bonds is 6. The van der Waals surface area contributed by atoms with E-state index >= 15 is 0 Å². The van der Waals surface area contributed by atoms with Crippen molar-refractivity contribution >= 4 is 11.9 Å². The molecule has 0 amide bonds. The lowest BCUT2D eigenvalue weighted by molar-refractivity contribution is -0.146. The van der Waals surface area contributed by atoms with Crippen LogP contribution in [0.4, 0.5) is 0 Å². The summed E-state index contributed by atoms with van der Waals surface area (Å²) in [5.74, 6) is 0.241. The highest BCUT2D eigenvalue weighted by Gasteiger charge is 2.50. The van der Waals surface area contributed by atoms with Crippen molar-refractivity contribution in [1.82, 2.24) is 4.90 Å². The molecule has 2 aliphatic rings. The summed E-state index contributed by atoms with van der Waals surface area (Å²) >= 11 is 0. The van der Waals surface area contributed by atoms with E-state index in [2.05, 4.69) is 49.1 Å². The van der Waals surface area contributed by atoms with Crippen LogP contribution in [0, 0.1) is 17.3 Å². The van der Waals surface area contributed by atoms with Gasteiger partial charge in [-0.2, -0.15) is 0 Å². The minimum Gasteiger partial charge on any atom is -0.465 e. The van der Waals surface area contributed by atoms with Crippen LogP contribution >= 0.6 is 0 Å². The van der Waals surface area contributed by atoms with Crippen molar-refractivity contribution in [3.8, 4) is 0 Å². The Hall–Kier alpha value is -2.14. The number of ether oxygens (including phenoxy) is 2. The van der Waals surface area contributed by atoms with Gasteiger partial charge in [0, 0.05) is 31.8 Å².